The summed E-state index contributed by atoms with van der Waals surface area (Å²) in [4.78, 5) is 48.7. The molecule has 5 atom stereocenters. The van der Waals surface area contributed by atoms with Gasteiger partial charge in [-0.3, -0.25) is 14.4 Å². The highest BCUT2D eigenvalue weighted by Gasteiger charge is 2.74. The van der Waals surface area contributed by atoms with E-state index in [1.165, 1.54) is 0 Å². The lowest BCUT2D eigenvalue weighted by atomic mass is 9.70. The number of thioether (sulfide) groups is 1. The first kappa shape index (κ1) is 33.1. The van der Waals surface area contributed by atoms with Gasteiger partial charge in [-0.1, -0.05) is 38.3 Å². The number of likely N-dealkylation sites (tertiary alicyclic amines) is 1. The number of anilines is 1. The molecule has 3 saturated heterocycles. The van der Waals surface area contributed by atoms with E-state index in [0.29, 0.717) is 32.8 Å². The van der Waals surface area contributed by atoms with Gasteiger partial charge in [0.25, 0.3) is 0 Å². The molecule has 43 heavy (non-hydrogen) atoms. The van der Waals surface area contributed by atoms with Crippen molar-refractivity contribution in [2.45, 2.75) is 81.3 Å². The lowest BCUT2D eigenvalue weighted by Crippen LogP contribution is -2.55. The molecule has 4 rings (SSSR count). The largest absolute Gasteiger partial charge is 0.494 e. The quantitative estimate of drug-likeness (QED) is 0.184. The van der Waals surface area contributed by atoms with Gasteiger partial charge in [0.2, 0.25) is 17.7 Å². The predicted octanol–water partition coefficient (Wildman–Crippen LogP) is 5.06. The minimum Gasteiger partial charge on any atom is -0.494 e. The summed E-state index contributed by atoms with van der Waals surface area (Å²) in [7, 11) is 0. The van der Waals surface area contributed by atoms with Gasteiger partial charge in [-0.05, 0) is 63.3 Å². The fourth-order valence-electron chi connectivity index (χ4n) is 7.19. The molecule has 3 aliphatic rings. The number of hydrogen-bond donors (Lipinski definition) is 1. The maximum absolute atomic E-state index is 14.4. The van der Waals surface area contributed by atoms with Crippen molar-refractivity contribution in [2.24, 2.45) is 11.8 Å². The zero-order valence-electron chi connectivity index (χ0n) is 25.9. The number of benzene rings is 1. The summed E-state index contributed by atoms with van der Waals surface area (Å²) in [5, 5.41) is 9.19. The summed E-state index contributed by atoms with van der Waals surface area (Å²) in [5.41, 5.74) is 0.741. The van der Waals surface area contributed by atoms with E-state index in [0.717, 1.165) is 62.8 Å². The van der Waals surface area contributed by atoms with Gasteiger partial charge >= 0.3 is 0 Å². The third-order valence-electron chi connectivity index (χ3n) is 9.11. The number of amides is 3. The van der Waals surface area contributed by atoms with Crippen LogP contribution in [0.15, 0.2) is 49.6 Å². The first-order chi connectivity index (χ1) is 20.9. The Morgan fingerprint density at radius 3 is 2.44 bits per heavy atom. The summed E-state index contributed by atoms with van der Waals surface area (Å²) in [6.07, 6.45) is 10.1. The average Bonchev–Trinajstić information content (AvgIpc) is 3.65. The third kappa shape index (κ3) is 6.68. The van der Waals surface area contributed by atoms with Crippen LogP contribution in [0, 0.1) is 11.8 Å². The van der Waals surface area contributed by atoms with Gasteiger partial charge in [0.1, 0.15) is 11.8 Å². The van der Waals surface area contributed by atoms with E-state index >= 15 is 0 Å². The van der Waals surface area contributed by atoms with Crippen LogP contribution in [-0.4, -0.2) is 88.1 Å². The normalized spacial score (nSPS) is 25.5. The highest BCUT2D eigenvalue weighted by molar-refractivity contribution is 8.02. The number of unbranched alkanes of at least 4 members (excludes halogenated alkanes) is 4. The molecule has 0 aliphatic carbocycles. The zero-order chi connectivity index (χ0) is 31.0. The van der Waals surface area contributed by atoms with Crippen LogP contribution in [0.25, 0.3) is 0 Å². The Morgan fingerprint density at radius 1 is 1.07 bits per heavy atom. The van der Waals surface area contributed by atoms with Crippen molar-refractivity contribution in [3.8, 4) is 5.75 Å². The van der Waals surface area contributed by atoms with E-state index in [9.17, 15) is 19.5 Å². The second kappa shape index (κ2) is 15.3. The maximum atomic E-state index is 14.4. The van der Waals surface area contributed by atoms with Crippen LogP contribution in [0.4, 0.5) is 5.69 Å². The number of aliphatic hydroxyl groups excluding tert-OH is 1. The Hall–Kier alpha value is -2.78. The minimum absolute atomic E-state index is 0.0121. The van der Waals surface area contributed by atoms with Gasteiger partial charge in [0, 0.05) is 43.7 Å². The molecule has 2 bridgehead atoms. The van der Waals surface area contributed by atoms with E-state index in [1.54, 1.807) is 28.8 Å². The lowest BCUT2D eigenvalue weighted by molar-refractivity contribution is -0.142. The Bertz CT molecular complexity index is 1140. The van der Waals surface area contributed by atoms with Gasteiger partial charge in [0.15, 0.2) is 0 Å². The number of carbonyl (C=O) groups is 3. The van der Waals surface area contributed by atoms with E-state index < -0.39 is 22.6 Å². The second-order valence-electron chi connectivity index (χ2n) is 11.8. The van der Waals surface area contributed by atoms with Crippen molar-refractivity contribution in [3.63, 3.8) is 0 Å². The van der Waals surface area contributed by atoms with E-state index in [1.807, 2.05) is 41.0 Å². The molecule has 3 heterocycles. The number of nitrogens with zero attached hydrogens (tertiary/aromatic N) is 3. The summed E-state index contributed by atoms with van der Waals surface area (Å²) >= 11 is 1.71. The Kier molecular flexibility index (Phi) is 11.8. The van der Waals surface area contributed by atoms with Crippen LogP contribution in [0.5, 0.6) is 5.75 Å². The molecule has 9 heteroatoms. The van der Waals surface area contributed by atoms with Crippen molar-refractivity contribution in [3.05, 3.63) is 49.6 Å². The number of aliphatic hydroxyl groups is 1. The molecule has 3 amide bonds. The van der Waals surface area contributed by atoms with Crippen LogP contribution < -0.4 is 9.64 Å². The third-order valence-corrected chi connectivity index (χ3v) is 11.1. The topological polar surface area (TPSA) is 90.4 Å². The number of hydrogen-bond acceptors (Lipinski definition) is 6. The molecule has 0 saturated carbocycles. The Labute approximate surface area is 261 Å². The molecule has 1 spiro atoms. The summed E-state index contributed by atoms with van der Waals surface area (Å²) in [6, 6.07) is 6.89. The van der Waals surface area contributed by atoms with Crippen LogP contribution in [0.1, 0.15) is 65.2 Å². The number of fused-ring (bicyclic) bond motifs is 1. The molecule has 1 aromatic carbocycles. The number of rotatable bonds is 18. The Balaban J connectivity index is 1.67. The van der Waals surface area contributed by atoms with Crippen molar-refractivity contribution >= 4 is 35.2 Å². The van der Waals surface area contributed by atoms with Gasteiger partial charge in [0.05, 0.1) is 23.2 Å². The van der Waals surface area contributed by atoms with Crippen LogP contribution in [0.3, 0.4) is 0 Å². The predicted molar refractivity (Wildman–Crippen MR) is 173 cm³/mol. The second-order valence-corrected chi connectivity index (χ2v) is 13.4. The fourth-order valence-corrected chi connectivity index (χ4v) is 9.40. The molecule has 0 aromatic heterocycles. The summed E-state index contributed by atoms with van der Waals surface area (Å²) in [5.74, 6) is -0.465. The van der Waals surface area contributed by atoms with Crippen molar-refractivity contribution in [1.82, 2.24) is 9.80 Å². The van der Waals surface area contributed by atoms with Crippen molar-refractivity contribution < 1.29 is 24.2 Å². The first-order valence-corrected chi connectivity index (χ1v) is 16.9. The lowest BCUT2D eigenvalue weighted by Gasteiger charge is -2.37. The van der Waals surface area contributed by atoms with Crippen LogP contribution >= 0.6 is 11.8 Å². The highest BCUT2D eigenvalue weighted by Crippen LogP contribution is 2.66. The number of ether oxygens (including phenoxy) is 1. The van der Waals surface area contributed by atoms with Gasteiger partial charge in [-0.25, -0.2) is 0 Å². The fraction of sp³-hybridized carbons (Fsp3) is 0.618. The van der Waals surface area contributed by atoms with E-state index in [2.05, 4.69) is 20.1 Å². The molecular weight excluding hydrogens is 562 g/mol. The summed E-state index contributed by atoms with van der Waals surface area (Å²) in [6.45, 7) is 14.4. The molecule has 0 radical (unpaired) electrons. The molecular formula is C34H49N3O5S. The molecule has 236 valence electrons. The molecule has 3 fully saturated rings. The van der Waals surface area contributed by atoms with Crippen LogP contribution in [-0.2, 0) is 14.4 Å². The SMILES string of the molecule is C=CCN(CCCC)C(=O)C1N(CCCCCCO)C(=O)[C@@H]2[C@H](C(=O)N(CC=C)c3ccc(OCC)cc3)[C@@H]3CCC12S3. The monoisotopic (exact) mass is 611 g/mol. The van der Waals surface area contributed by atoms with Crippen LogP contribution in [0.2, 0.25) is 0 Å². The van der Waals surface area contributed by atoms with Crippen molar-refractivity contribution in [2.75, 3.05) is 44.3 Å². The summed E-state index contributed by atoms with van der Waals surface area (Å²) < 4.78 is 4.98. The van der Waals surface area contributed by atoms with Gasteiger partial charge in [-0.2, -0.15) is 0 Å². The first-order valence-electron chi connectivity index (χ1n) is 16.0. The molecule has 8 nitrogen and oxygen atoms in total. The molecule has 1 N–H and O–H groups in total. The number of carbonyl (C=O) groups excluding carboxylic acids is 3. The smallest absolute Gasteiger partial charge is 0.247 e. The Morgan fingerprint density at radius 2 is 1.79 bits per heavy atom. The highest BCUT2D eigenvalue weighted by atomic mass is 32.2. The van der Waals surface area contributed by atoms with E-state index in [4.69, 9.17) is 4.74 Å². The molecule has 1 aromatic rings. The maximum Gasteiger partial charge on any atom is 0.247 e. The molecule has 2 unspecified atom stereocenters. The van der Waals surface area contributed by atoms with Gasteiger partial charge < -0.3 is 24.5 Å². The standard InChI is InChI=1S/C34H49N3O5S/c1-5-9-22-35(20-6-2)33(41)30-34-19-18-27(43-34)28(29(34)32(40)37(30)23-12-10-11-13-24-38)31(39)36(21-7-3)25-14-16-26(17-15-25)42-8-4/h6-7,14-17,27-30,38H,2-3,5,8-13,18-24H2,1,4H3/t27-,28+,29-,30?,34?/m0/s1. The average molecular weight is 612 g/mol. The van der Waals surface area contributed by atoms with E-state index in [-0.39, 0.29) is 29.6 Å². The van der Waals surface area contributed by atoms with Crippen molar-refractivity contribution in [1.29, 1.82) is 0 Å². The van der Waals surface area contributed by atoms with Gasteiger partial charge in [-0.15, -0.1) is 24.9 Å². The minimum atomic E-state index is -0.617. The zero-order valence-corrected chi connectivity index (χ0v) is 26.7. The molecule has 3 aliphatic heterocycles.